The summed E-state index contributed by atoms with van der Waals surface area (Å²) < 4.78 is 24.2. The number of hydrogen-bond acceptors (Lipinski definition) is 3. The van der Waals surface area contributed by atoms with Crippen LogP contribution in [-0.2, 0) is 0 Å². The number of methoxy groups -OCH3 is 1. The van der Waals surface area contributed by atoms with Gasteiger partial charge in [-0.2, -0.15) is 0 Å². The van der Waals surface area contributed by atoms with Crippen molar-refractivity contribution in [2.75, 3.05) is 7.11 Å². The highest BCUT2D eigenvalue weighted by Crippen LogP contribution is 2.34. The Kier molecular flexibility index (Phi) is 4.02. The molecule has 0 saturated carbocycles. The first-order chi connectivity index (χ1) is 9.11. The molecule has 0 amide bonds. The van der Waals surface area contributed by atoms with Crippen LogP contribution in [0.15, 0.2) is 42.5 Å². The standard InChI is InChI=1S/C15H16FNO2/c1-10(17)12-9-11(16)7-8-13(12)19-15-6-4-3-5-14(15)18-2/h3-10H,17H2,1-2H3/t10-/m1/s1. The van der Waals surface area contributed by atoms with Gasteiger partial charge in [0.15, 0.2) is 11.5 Å². The minimum atomic E-state index is -0.334. The molecule has 0 radical (unpaired) electrons. The van der Waals surface area contributed by atoms with Gasteiger partial charge in [0.2, 0.25) is 0 Å². The van der Waals surface area contributed by atoms with Crippen LogP contribution in [0.2, 0.25) is 0 Å². The van der Waals surface area contributed by atoms with Crippen molar-refractivity contribution in [2.24, 2.45) is 5.73 Å². The Morgan fingerprint density at radius 2 is 1.74 bits per heavy atom. The Morgan fingerprint density at radius 3 is 2.37 bits per heavy atom. The van der Waals surface area contributed by atoms with E-state index in [0.717, 1.165) is 0 Å². The van der Waals surface area contributed by atoms with Gasteiger partial charge in [0, 0.05) is 11.6 Å². The van der Waals surface area contributed by atoms with Crippen LogP contribution in [-0.4, -0.2) is 7.11 Å². The molecule has 0 spiro atoms. The molecule has 2 rings (SSSR count). The van der Waals surface area contributed by atoms with Crippen LogP contribution < -0.4 is 15.2 Å². The maximum absolute atomic E-state index is 13.3. The lowest BCUT2D eigenvalue weighted by Crippen LogP contribution is -2.07. The molecule has 0 saturated heterocycles. The second kappa shape index (κ2) is 5.71. The van der Waals surface area contributed by atoms with Crippen molar-refractivity contribution < 1.29 is 13.9 Å². The zero-order valence-corrected chi connectivity index (χ0v) is 10.9. The number of hydrogen-bond donors (Lipinski definition) is 1. The van der Waals surface area contributed by atoms with Gasteiger partial charge in [-0.1, -0.05) is 12.1 Å². The summed E-state index contributed by atoms with van der Waals surface area (Å²) in [6.07, 6.45) is 0. The van der Waals surface area contributed by atoms with E-state index >= 15 is 0 Å². The van der Waals surface area contributed by atoms with E-state index < -0.39 is 0 Å². The molecule has 2 N–H and O–H groups in total. The van der Waals surface area contributed by atoms with E-state index in [1.54, 1.807) is 32.2 Å². The topological polar surface area (TPSA) is 44.5 Å². The summed E-state index contributed by atoms with van der Waals surface area (Å²) in [7, 11) is 1.57. The molecule has 100 valence electrons. The lowest BCUT2D eigenvalue weighted by atomic mass is 10.1. The summed E-state index contributed by atoms with van der Waals surface area (Å²) in [5.41, 5.74) is 6.45. The fourth-order valence-electron chi connectivity index (χ4n) is 1.79. The van der Waals surface area contributed by atoms with Gasteiger partial charge in [-0.25, -0.2) is 4.39 Å². The van der Waals surface area contributed by atoms with Crippen molar-refractivity contribution in [3.05, 3.63) is 53.8 Å². The molecule has 1 atom stereocenters. The number of ether oxygens (including phenoxy) is 2. The van der Waals surface area contributed by atoms with Crippen LogP contribution in [0.3, 0.4) is 0 Å². The Bertz CT molecular complexity index is 570. The van der Waals surface area contributed by atoms with Crippen LogP contribution in [0.25, 0.3) is 0 Å². The number of para-hydroxylation sites is 2. The molecule has 0 aliphatic carbocycles. The molecule has 0 aliphatic rings. The van der Waals surface area contributed by atoms with Gasteiger partial charge in [0.1, 0.15) is 11.6 Å². The fraction of sp³-hybridized carbons (Fsp3) is 0.200. The summed E-state index contributed by atoms with van der Waals surface area (Å²) in [4.78, 5) is 0. The van der Waals surface area contributed by atoms with Gasteiger partial charge < -0.3 is 15.2 Å². The Balaban J connectivity index is 2.38. The van der Waals surface area contributed by atoms with E-state index in [4.69, 9.17) is 15.2 Å². The highest BCUT2D eigenvalue weighted by Gasteiger charge is 2.12. The molecular weight excluding hydrogens is 245 g/mol. The molecule has 0 heterocycles. The van der Waals surface area contributed by atoms with Crippen molar-refractivity contribution in [1.29, 1.82) is 0 Å². The maximum Gasteiger partial charge on any atom is 0.169 e. The summed E-state index contributed by atoms with van der Waals surface area (Å²) in [6, 6.07) is 11.3. The van der Waals surface area contributed by atoms with Crippen molar-refractivity contribution in [3.63, 3.8) is 0 Å². The summed E-state index contributed by atoms with van der Waals surface area (Å²) in [5, 5.41) is 0. The third kappa shape index (κ3) is 3.03. The maximum atomic E-state index is 13.3. The average molecular weight is 261 g/mol. The fourth-order valence-corrected chi connectivity index (χ4v) is 1.79. The summed E-state index contributed by atoms with van der Waals surface area (Å²) in [5.74, 6) is 1.38. The predicted octanol–water partition coefficient (Wildman–Crippen LogP) is 3.65. The lowest BCUT2D eigenvalue weighted by Gasteiger charge is -2.15. The minimum Gasteiger partial charge on any atom is -0.493 e. The number of nitrogens with two attached hydrogens (primary N) is 1. The van der Waals surface area contributed by atoms with E-state index in [1.807, 2.05) is 12.1 Å². The molecule has 0 aliphatic heterocycles. The molecule has 0 bridgehead atoms. The normalized spacial score (nSPS) is 12.0. The summed E-state index contributed by atoms with van der Waals surface area (Å²) >= 11 is 0. The highest BCUT2D eigenvalue weighted by molar-refractivity contribution is 5.45. The number of halogens is 1. The average Bonchev–Trinajstić information content (AvgIpc) is 2.41. The van der Waals surface area contributed by atoms with Gasteiger partial charge in [-0.3, -0.25) is 0 Å². The van der Waals surface area contributed by atoms with E-state index in [2.05, 4.69) is 0 Å². The Hall–Kier alpha value is -2.07. The quantitative estimate of drug-likeness (QED) is 0.913. The second-order valence-corrected chi connectivity index (χ2v) is 4.22. The SMILES string of the molecule is COc1ccccc1Oc1ccc(F)cc1[C@@H](C)N. The van der Waals surface area contributed by atoms with Crippen molar-refractivity contribution in [1.82, 2.24) is 0 Å². The van der Waals surface area contributed by atoms with Crippen LogP contribution >= 0.6 is 0 Å². The van der Waals surface area contributed by atoms with E-state index in [0.29, 0.717) is 22.8 Å². The number of rotatable bonds is 4. The molecule has 19 heavy (non-hydrogen) atoms. The van der Waals surface area contributed by atoms with Gasteiger partial charge in [0.05, 0.1) is 7.11 Å². The van der Waals surface area contributed by atoms with Crippen molar-refractivity contribution in [3.8, 4) is 17.2 Å². The van der Waals surface area contributed by atoms with E-state index in [1.165, 1.54) is 12.1 Å². The van der Waals surface area contributed by atoms with E-state index in [9.17, 15) is 4.39 Å². The van der Waals surface area contributed by atoms with Crippen LogP contribution in [0.5, 0.6) is 17.2 Å². The molecule has 3 nitrogen and oxygen atoms in total. The molecule has 0 unspecified atom stereocenters. The van der Waals surface area contributed by atoms with Crippen LogP contribution in [0.1, 0.15) is 18.5 Å². The van der Waals surface area contributed by atoms with Gasteiger partial charge in [-0.15, -0.1) is 0 Å². The summed E-state index contributed by atoms with van der Waals surface area (Å²) in [6.45, 7) is 1.78. The Morgan fingerprint density at radius 1 is 1.05 bits per heavy atom. The smallest absolute Gasteiger partial charge is 0.169 e. The van der Waals surface area contributed by atoms with Crippen LogP contribution in [0, 0.1) is 5.82 Å². The third-order valence-electron chi connectivity index (χ3n) is 2.75. The van der Waals surface area contributed by atoms with Crippen molar-refractivity contribution >= 4 is 0 Å². The highest BCUT2D eigenvalue weighted by atomic mass is 19.1. The Labute approximate surface area is 111 Å². The predicted molar refractivity (Wildman–Crippen MR) is 72.1 cm³/mol. The van der Waals surface area contributed by atoms with Gasteiger partial charge >= 0.3 is 0 Å². The molecule has 2 aromatic rings. The first-order valence-electron chi connectivity index (χ1n) is 5.97. The zero-order valence-electron chi connectivity index (χ0n) is 10.9. The minimum absolute atomic E-state index is 0.319. The largest absolute Gasteiger partial charge is 0.493 e. The molecular formula is C15H16FNO2. The van der Waals surface area contributed by atoms with E-state index in [-0.39, 0.29) is 11.9 Å². The second-order valence-electron chi connectivity index (χ2n) is 4.22. The molecule has 2 aromatic carbocycles. The van der Waals surface area contributed by atoms with Crippen molar-refractivity contribution in [2.45, 2.75) is 13.0 Å². The first kappa shape index (κ1) is 13.4. The lowest BCUT2D eigenvalue weighted by molar-refractivity contribution is 0.376. The van der Waals surface area contributed by atoms with Gasteiger partial charge in [-0.05, 0) is 37.3 Å². The first-order valence-corrected chi connectivity index (χ1v) is 5.97. The third-order valence-corrected chi connectivity index (χ3v) is 2.75. The molecule has 4 heteroatoms. The monoisotopic (exact) mass is 261 g/mol. The van der Waals surface area contributed by atoms with Crippen LogP contribution in [0.4, 0.5) is 4.39 Å². The molecule has 0 fully saturated rings. The molecule has 0 aromatic heterocycles. The number of benzene rings is 2. The van der Waals surface area contributed by atoms with Gasteiger partial charge in [0.25, 0.3) is 0 Å². The zero-order chi connectivity index (χ0) is 13.8.